The van der Waals surface area contributed by atoms with Crippen molar-refractivity contribution in [3.63, 3.8) is 0 Å². The van der Waals surface area contributed by atoms with Crippen molar-refractivity contribution in [2.45, 2.75) is 25.5 Å². The predicted octanol–water partition coefficient (Wildman–Crippen LogP) is 2.26. The van der Waals surface area contributed by atoms with E-state index in [-0.39, 0.29) is 11.9 Å². The number of rotatable bonds is 7. The first-order valence-corrected chi connectivity index (χ1v) is 7.12. The second-order valence-electron chi connectivity index (χ2n) is 5.02. The third-order valence-corrected chi connectivity index (χ3v) is 3.27. The molecular weight excluding hydrogens is 280 g/mol. The molecular formula is C15H21F2NO3. The summed E-state index contributed by atoms with van der Waals surface area (Å²) in [5.74, 6) is -1.67. The number of hydrogen-bond acceptors (Lipinski definition) is 4. The minimum absolute atomic E-state index is 0.284. The van der Waals surface area contributed by atoms with Crippen molar-refractivity contribution in [2.75, 3.05) is 33.5 Å². The molecule has 0 spiro atoms. The average Bonchev–Trinajstić information content (AvgIpc) is 2.48. The van der Waals surface area contributed by atoms with Crippen LogP contribution in [-0.2, 0) is 16.0 Å². The molecule has 0 bridgehead atoms. The maximum Gasteiger partial charge on any atom is 0.191 e. The lowest BCUT2D eigenvalue weighted by Gasteiger charge is -2.23. The molecule has 1 aliphatic heterocycles. The van der Waals surface area contributed by atoms with Gasteiger partial charge in [0, 0.05) is 26.8 Å². The van der Waals surface area contributed by atoms with E-state index in [0.29, 0.717) is 38.5 Å². The third kappa shape index (κ3) is 4.91. The summed E-state index contributed by atoms with van der Waals surface area (Å²) in [4.78, 5) is 0. The molecule has 0 aliphatic carbocycles. The van der Waals surface area contributed by atoms with E-state index in [2.05, 4.69) is 5.32 Å². The zero-order valence-electron chi connectivity index (χ0n) is 12.2. The van der Waals surface area contributed by atoms with Crippen molar-refractivity contribution in [1.29, 1.82) is 0 Å². The van der Waals surface area contributed by atoms with E-state index < -0.39 is 11.6 Å². The SMILES string of the molecule is COCCNCc1cc(F)c(OC2CCCOC2)c(F)c1. The van der Waals surface area contributed by atoms with Gasteiger partial charge in [-0.3, -0.25) is 0 Å². The van der Waals surface area contributed by atoms with Crippen LogP contribution < -0.4 is 10.1 Å². The van der Waals surface area contributed by atoms with Crippen LogP contribution in [0.3, 0.4) is 0 Å². The summed E-state index contributed by atoms with van der Waals surface area (Å²) in [6, 6.07) is 2.59. The molecule has 1 heterocycles. The van der Waals surface area contributed by atoms with Gasteiger partial charge in [0.25, 0.3) is 0 Å². The molecule has 0 aromatic heterocycles. The molecule has 1 unspecified atom stereocenters. The van der Waals surface area contributed by atoms with Crippen molar-refractivity contribution in [3.05, 3.63) is 29.3 Å². The summed E-state index contributed by atoms with van der Waals surface area (Å²) in [5, 5.41) is 3.04. The smallest absolute Gasteiger partial charge is 0.191 e. The predicted molar refractivity (Wildman–Crippen MR) is 74.4 cm³/mol. The highest BCUT2D eigenvalue weighted by Gasteiger charge is 2.20. The van der Waals surface area contributed by atoms with Crippen LogP contribution in [0.2, 0.25) is 0 Å². The van der Waals surface area contributed by atoms with Crippen LogP contribution in [0, 0.1) is 11.6 Å². The molecule has 4 nitrogen and oxygen atoms in total. The number of benzene rings is 1. The Balaban J connectivity index is 1.95. The van der Waals surface area contributed by atoms with Crippen LogP contribution >= 0.6 is 0 Å². The molecule has 1 aromatic carbocycles. The highest BCUT2D eigenvalue weighted by molar-refractivity contribution is 5.31. The fraction of sp³-hybridized carbons (Fsp3) is 0.600. The molecule has 21 heavy (non-hydrogen) atoms. The Bertz CT molecular complexity index is 428. The van der Waals surface area contributed by atoms with Gasteiger partial charge < -0.3 is 19.5 Å². The number of ether oxygens (including phenoxy) is 3. The quantitative estimate of drug-likeness (QED) is 0.784. The van der Waals surface area contributed by atoms with E-state index in [1.54, 1.807) is 7.11 Å². The van der Waals surface area contributed by atoms with E-state index >= 15 is 0 Å². The maximum absolute atomic E-state index is 14.0. The van der Waals surface area contributed by atoms with Gasteiger partial charge in [-0.25, -0.2) is 8.78 Å². The monoisotopic (exact) mass is 301 g/mol. The van der Waals surface area contributed by atoms with Crippen LogP contribution in [-0.4, -0.2) is 39.6 Å². The molecule has 0 radical (unpaired) electrons. The summed E-state index contributed by atoms with van der Waals surface area (Å²) in [6.45, 7) is 2.60. The fourth-order valence-corrected chi connectivity index (χ4v) is 2.20. The maximum atomic E-state index is 14.0. The Morgan fingerprint density at radius 3 is 2.71 bits per heavy atom. The van der Waals surface area contributed by atoms with Gasteiger partial charge in [0.05, 0.1) is 13.2 Å². The zero-order chi connectivity index (χ0) is 15.1. The second-order valence-corrected chi connectivity index (χ2v) is 5.02. The topological polar surface area (TPSA) is 39.7 Å². The Morgan fingerprint density at radius 2 is 2.10 bits per heavy atom. The Hall–Kier alpha value is -1.24. The number of methoxy groups -OCH3 is 1. The van der Waals surface area contributed by atoms with Crippen molar-refractivity contribution < 1.29 is 23.0 Å². The molecule has 1 saturated heterocycles. The second kappa shape index (κ2) is 8.26. The zero-order valence-corrected chi connectivity index (χ0v) is 12.2. The van der Waals surface area contributed by atoms with Crippen molar-refractivity contribution in [2.24, 2.45) is 0 Å². The van der Waals surface area contributed by atoms with E-state index in [1.165, 1.54) is 12.1 Å². The van der Waals surface area contributed by atoms with Gasteiger partial charge in [-0.15, -0.1) is 0 Å². The first-order chi connectivity index (χ1) is 10.2. The summed E-state index contributed by atoms with van der Waals surface area (Å²) in [6.07, 6.45) is 1.31. The largest absolute Gasteiger partial charge is 0.482 e. The number of halogens is 2. The lowest BCUT2D eigenvalue weighted by Crippen LogP contribution is -2.28. The Kier molecular flexibility index (Phi) is 6.35. The normalized spacial score (nSPS) is 18.7. The third-order valence-electron chi connectivity index (χ3n) is 3.27. The van der Waals surface area contributed by atoms with Crippen LogP contribution in [0.5, 0.6) is 5.75 Å². The van der Waals surface area contributed by atoms with Crippen LogP contribution in [0.15, 0.2) is 12.1 Å². The van der Waals surface area contributed by atoms with E-state index in [9.17, 15) is 8.78 Å². The minimum atomic E-state index is -0.677. The van der Waals surface area contributed by atoms with Gasteiger partial charge in [-0.1, -0.05) is 0 Å². The van der Waals surface area contributed by atoms with Crippen molar-refractivity contribution >= 4 is 0 Å². The van der Waals surface area contributed by atoms with Crippen LogP contribution in [0.1, 0.15) is 18.4 Å². The van der Waals surface area contributed by atoms with Crippen molar-refractivity contribution in [1.82, 2.24) is 5.32 Å². The standard InChI is InChI=1S/C15H21F2NO3/c1-19-6-4-18-9-11-7-13(16)15(14(17)8-11)21-12-3-2-5-20-10-12/h7-8,12,18H,2-6,9-10H2,1H3. The van der Waals surface area contributed by atoms with E-state index in [0.717, 1.165) is 12.8 Å². The molecule has 1 fully saturated rings. The molecule has 118 valence electrons. The van der Waals surface area contributed by atoms with Gasteiger partial charge in [0.1, 0.15) is 6.10 Å². The lowest BCUT2D eigenvalue weighted by molar-refractivity contribution is 0.00418. The molecule has 6 heteroatoms. The van der Waals surface area contributed by atoms with Gasteiger partial charge in [-0.05, 0) is 30.5 Å². The van der Waals surface area contributed by atoms with Crippen molar-refractivity contribution in [3.8, 4) is 5.75 Å². The first kappa shape index (κ1) is 16.1. The summed E-state index contributed by atoms with van der Waals surface area (Å²) in [7, 11) is 1.60. The average molecular weight is 301 g/mol. The summed E-state index contributed by atoms with van der Waals surface area (Å²) >= 11 is 0. The van der Waals surface area contributed by atoms with Crippen LogP contribution in [0.4, 0.5) is 8.78 Å². The number of nitrogens with one attached hydrogen (secondary N) is 1. The van der Waals surface area contributed by atoms with E-state index in [1.807, 2.05) is 0 Å². The Morgan fingerprint density at radius 1 is 1.33 bits per heavy atom. The summed E-state index contributed by atoms with van der Waals surface area (Å²) in [5.41, 5.74) is 0.536. The highest BCUT2D eigenvalue weighted by Crippen LogP contribution is 2.26. The van der Waals surface area contributed by atoms with E-state index in [4.69, 9.17) is 14.2 Å². The Labute approximate surface area is 123 Å². The minimum Gasteiger partial charge on any atom is -0.482 e. The van der Waals surface area contributed by atoms with Gasteiger partial charge >= 0.3 is 0 Å². The fourth-order valence-electron chi connectivity index (χ4n) is 2.20. The van der Waals surface area contributed by atoms with Gasteiger partial charge in [0.15, 0.2) is 17.4 Å². The molecule has 0 amide bonds. The highest BCUT2D eigenvalue weighted by atomic mass is 19.1. The number of hydrogen-bond donors (Lipinski definition) is 1. The molecule has 1 aromatic rings. The summed E-state index contributed by atoms with van der Waals surface area (Å²) < 4.78 is 43.5. The molecule has 2 rings (SSSR count). The molecule has 1 aliphatic rings. The molecule has 1 atom stereocenters. The van der Waals surface area contributed by atoms with Crippen LogP contribution in [0.25, 0.3) is 0 Å². The van der Waals surface area contributed by atoms with Gasteiger partial charge in [0.2, 0.25) is 0 Å². The molecule has 1 N–H and O–H groups in total. The first-order valence-electron chi connectivity index (χ1n) is 7.12. The van der Waals surface area contributed by atoms with Gasteiger partial charge in [-0.2, -0.15) is 0 Å². The molecule has 0 saturated carbocycles. The lowest BCUT2D eigenvalue weighted by atomic mass is 10.1.